The number of unbranched alkanes of at least 4 members (excludes halogenated alkanes) is 7. The summed E-state index contributed by atoms with van der Waals surface area (Å²) in [5.74, 6) is -5.40. The second-order valence-corrected chi connectivity index (χ2v) is 8.35. The zero-order valence-electron chi connectivity index (χ0n) is 17.3. The van der Waals surface area contributed by atoms with Crippen LogP contribution in [0.25, 0.3) is 0 Å². The van der Waals surface area contributed by atoms with Gasteiger partial charge in [-0.3, -0.25) is 0 Å². The number of rotatable bonds is 14. The van der Waals surface area contributed by atoms with Gasteiger partial charge in [-0.05, 0) is 32.6 Å². The first kappa shape index (κ1) is 25.6. The topological polar surface area (TPSA) is 0 Å². The molecule has 0 aromatic rings. The van der Waals surface area contributed by atoms with E-state index in [0.29, 0.717) is 26.7 Å². The van der Waals surface area contributed by atoms with Crippen molar-refractivity contribution in [1.29, 1.82) is 0 Å². The molecule has 0 aromatic heterocycles. The van der Waals surface area contributed by atoms with Gasteiger partial charge < -0.3 is 0 Å². The maximum absolute atomic E-state index is 14.8. The Bertz CT molecular complexity index is 360. The first-order valence-corrected chi connectivity index (χ1v) is 10.4. The van der Waals surface area contributed by atoms with E-state index in [9.17, 15) is 22.0 Å². The van der Waals surface area contributed by atoms with Crippen molar-refractivity contribution in [2.75, 3.05) is 0 Å². The Hall–Kier alpha value is -0.350. The van der Waals surface area contributed by atoms with E-state index in [2.05, 4.69) is 13.8 Å². The van der Waals surface area contributed by atoms with Gasteiger partial charge in [0, 0.05) is 5.92 Å². The Morgan fingerprint density at radius 2 is 1.04 bits per heavy atom. The van der Waals surface area contributed by atoms with Crippen LogP contribution in [0.2, 0.25) is 0 Å². The summed E-state index contributed by atoms with van der Waals surface area (Å²) >= 11 is 0. The highest BCUT2D eigenvalue weighted by Crippen LogP contribution is 2.54. The maximum Gasteiger partial charge on any atom is 0.399 e. The van der Waals surface area contributed by atoms with Gasteiger partial charge in [-0.2, -0.15) is 13.2 Å². The lowest BCUT2D eigenvalue weighted by molar-refractivity contribution is -0.302. The van der Waals surface area contributed by atoms with Crippen LogP contribution in [0.4, 0.5) is 22.0 Å². The van der Waals surface area contributed by atoms with E-state index in [1.165, 1.54) is 6.92 Å². The third kappa shape index (κ3) is 7.34. The molecule has 0 N–H and O–H groups in total. The Kier molecular flexibility index (Phi) is 11.3. The molecule has 5 heteroatoms. The lowest BCUT2D eigenvalue weighted by Gasteiger charge is -2.42. The van der Waals surface area contributed by atoms with Gasteiger partial charge in [0.05, 0.1) is 0 Å². The third-order valence-corrected chi connectivity index (χ3v) is 5.93. The van der Waals surface area contributed by atoms with Crippen molar-refractivity contribution in [3.8, 4) is 0 Å². The molecule has 0 nitrogen and oxygen atoms in total. The first-order chi connectivity index (χ1) is 11.9. The Balaban J connectivity index is 5.05. The zero-order chi connectivity index (χ0) is 20.4. The quantitative estimate of drug-likeness (QED) is 0.207. The van der Waals surface area contributed by atoms with Crippen LogP contribution in [0.3, 0.4) is 0 Å². The predicted octanol–water partition coefficient (Wildman–Crippen LogP) is 8.79. The van der Waals surface area contributed by atoms with Crippen molar-refractivity contribution >= 4 is 0 Å². The number of alkyl halides is 5. The Labute approximate surface area is 157 Å². The van der Waals surface area contributed by atoms with Crippen molar-refractivity contribution in [2.24, 2.45) is 17.3 Å². The third-order valence-electron chi connectivity index (χ3n) is 5.93. The molecule has 0 fully saturated rings. The molecule has 0 saturated carbocycles. The van der Waals surface area contributed by atoms with Crippen molar-refractivity contribution in [3.05, 3.63) is 0 Å². The van der Waals surface area contributed by atoms with Crippen molar-refractivity contribution in [3.63, 3.8) is 0 Å². The van der Waals surface area contributed by atoms with Crippen molar-refractivity contribution < 1.29 is 22.0 Å². The van der Waals surface area contributed by atoms with Gasteiger partial charge >= 0.3 is 6.18 Å². The fourth-order valence-corrected chi connectivity index (χ4v) is 3.54. The van der Waals surface area contributed by atoms with E-state index in [1.54, 1.807) is 0 Å². The molecule has 0 aliphatic rings. The van der Waals surface area contributed by atoms with Gasteiger partial charge in [0.15, 0.2) is 0 Å². The molecule has 0 spiro atoms. The summed E-state index contributed by atoms with van der Waals surface area (Å²) in [7, 11) is 0. The second-order valence-electron chi connectivity index (χ2n) is 8.35. The first-order valence-electron chi connectivity index (χ1n) is 10.4. The summed E-state index contributed by atoms with van der Waals surface area (Å²) in [6, 6.07) is 0. The van der Waals surface area contributed by atoms with Crippen molar-refractivity contribution in [2.45, 2.75) is 117 Å². The number of hydrogen-bond acceptors (Lipinski definition) is 0. The molecule has 0 rings (SSSR count). The smallest absolute Gasteiger partial charge is 0.206 e. The molecule has 0 aliphatic heterocycles. The van der Waals surface area contributed by atoms with Crippen LogP contribution in [0.1, 0.15) is 105 Å². The molecular weight excluding hydrogens is 347 g/mol. The van der Waals surface area contributed by atoms with Crippen LogP contribution >= 0.6 is 0 Å². The molecule has 0 amide bonds. The average molecular weight is 387 g/mol. The fourth-order valence-electron chi connectivity index (χ4n) is 3.54. The summed E-state index contributed by atoms with van der Waals surface area (Å²) in [5, 5.41) is 0. The molecule has 0 bridgehead atoms. The standard InChI is InChI=1S/C21H39F5/c1-6-8-10-12-14-16-18(15-13-11-9-7-2)17(3)20(22,23)19(4,5)21(24,25)26/h17-18H,6-16H2,1-5H3. The number of hydrogen-bond donors (Lipinski definition) is 0. The van der Waals surface area contributed by atoms with E-state index in [-0.39, 0.29) is 5.92 Å². The van der Waals surface area contributed by atoms with E-state index < -0.39 is 23.4 Å². The lowest BCUT2D eigenvalue weighted by atomic mass is 9.71. The van der Waals surface area contributed by atoms with E-state index >= 15 is 0 Å². The minimum absolute atomic E-state index is 0.356. The predicted molar refractivity (Wildman–Crippen MR) is 99.6 cm³/mol. The zero-order valence-corrected chi connectivity index (χ0v) is 17.3. The van der Waals surface area contributed by atoms with Gasteiger partial charge in [0.1, 0.15) is 5.41 Å². The normalized spacial score (nSPS) is 15.9. The minimum Gasteiger partial charge on any atom is -0.206 e. The summed E-state index contributed by atoms with van der Waals surface area (Å²) in [6.45, 7) is 6.79. The highest BCUT2D eigenvalue weighted by atomic mass is 19.4. The molecule has 2 unspecified atom stereocenters. The maximum atomic E-state index is 14.8. The van der Waals surface area contributed by atoms with E-state index in [4.69, 9.17) is 0 Å². The van der Waals surface area contributed by atoms with Crippen LogP contribution < -0.4 is 0 Å². The molecule has 26 heavy (non-hydrogen) atoms. The lowest BCUT2D eigenvalue weighted by Crippen LogP contribution is -2.52. The number of halogens is 5. The highest BCUT2D eigenvalue weighted by molar-refractivity contribution is 4.96. The second kappa shape index (κ2) is 11.5. The SMILES string of the molecule is CCCCCCCC(CCCCCC)C(C)C(F)(F)C(C)(C)C(F)(F)F. The molecular formula is C21H39F5. The molecule has 158 valence electrons. The monoisotopic (exact) mass is 386 g/mol. The molecule has 0 aliphatic carbocycles. The van der Waals surface area contributed by atoms with Gasteiger partial charge in [-0.15, -0.1) is 0 Å². The molecule has 0 radical (unpaired) electrons. The van der Waals surface area contributed by atoms with E-state index in [1.807, 2.05) is 0 Å². The Morgan fingerprint density at radius 3 is 1.42 bits per heavy atom. The van der Waals surface area contributed by atoms with Crippen LogP contribution in [0.15, 0.2) is 0 Å². The van der Waals surface area contributed by atoms with Crippen molar-refractivity contribution in [1.82, 2.24) is 0 Å². The summed E-state index contributed by atoms with van der Waals surface area (Å²) in [4.78, 5) is 0. The highest BCUT2D eigenvalue weighted by Gasteiger charge is 2.65. The minimum atomic E-state index is -4.92. The van der Waals surface area contributed by atoms with Gasteiger partial charge in [-0.1, -0.05) is 78.6 Å². The summed E-state index contributed by atoms with van der Waals surface area (Å²) in [5.41, 5.74) is -3.01. The summed E-state index contributed by atoms with van der Waals surface area (Å²) in [6.07, 6.45) is 5.24. The molecule has 0 saturated heterocycles. The molecule has 2 atom stereocenters. The van der Waals surface area contributed by atoms with Gasteiger partial charge in [0.2, 0.25) is 0 Å². The van der Waals surface area contributed by atoms with Crippen LogP contribution in [-0.4, -0.2) is 12.1 Å². The molecule has 0 aromatic carbocycles. The van der Waals surface area contributed by atoms with Crippen LogP contribution in [0.5, 0.6) is 0 Å². The summed E-state index contributed by atoms with van der Waals surface area (Å²) < 4.78 is 69.3. The largest absolute Gasteiger partial charge is 0.399 e. The average Bonchev–Trinajstić information content (AvgIpc) is 2.54. The fraction of sp³-hybridized carbons (Fsp3) is 1.00. The van der Waals surface area contributed by atoms with Gasteiger partial charge in [0.25, 0.3) is 5.92 Å². The van der Waals surface area contributed by atoms with Crippen LogP contribution in [-0.2, 0) is 0 Å². The van der Waals surface area contributed by atoms with Crippen LogP contribution in [0, 0.1) is 17.3 Å². The Morgan fingerprint density at radius 1 is 0.654 bits per heavy atom. The molecule has 0 heterocycles. The van der Waals surface area contributed by atoms with E-state index in [0.717, 1.165) is 57.8 Å². The van der Waals surface area contributed by atoms with Gasteiger partial charge in [-0.25, -0.2) is 8.78 Å².